The molecule has 0 amide bonds. The minimum absolute atomic E-state index is 0.161. The van der Waals surface area contributed by atoms with Crippen LogP contribution in [0.25, 0.3) is 0 Å². The summed E-state index contributed by atoms with van der Waals surface area (Å²) in [5, 5.41) is 3.03. The Morgan fingerprint density at radius 2 is 2.12 bits per heavy atom. The minimum atomic E-state index is -4.28. The third-order valence-electron chi connectivity index (χ3n) is 2.75. The Bertz CT molecular complexity index is 389. The van der Waals surface area contributed by atoms with Crippen LogP contribution in [-0.2, 0) is 17.5 Å². The average molecular weight is 231 g/mol. The lowest BCUT2D eigenvalue weighted by Gasteiger charge is -2.26. The predicted octanol–water partition coefficient (Wildman–Crippen LogP) is 2.50. The molecule has 0 radical (unpaired) electrons. The van der Waals surface area contributed by atoms with Crippen molar-refractivity contribution in [3.63, 3.8) is 0 Å². The van der Waals surface area contributed by atoms with Crippen molar-refractivity contribution in [1.29, 1.82) is 0 Å². The zero-order valence-corrected chi connectivity index (χ0v) is 8.77. The summed E-state index contributed by atoms with van der Waals surface area (Å²) in [6.45, 7) is 1.09. The van der Waals surface area contributed by atoms with E-state index in [1.165, 1.54) is 12.1 Å². The van der Waals surface area contributed by atoms with E-state index in [2.05, 4.69) is 5.32 Å². The van der Waals surface area contributed by atoms with E-state index in [4.69, 9.17) is 4.74 Å². The zero-order valence-electron chi connectivity index (χ0n) is 8.77. The number of rotatable bonds is 1. The molecule has 1 N–H and O–H groups in total. The normalized spacial score (nSPS) is 20.6. The van der Waals surface area contributed by atoms with Gasteiger partial charge in [-0.15, -0.1) is 0 Å². The lowest BCUT2D eigenvalue weighted by Crippen LogP contribution is -2.29. The van der Waals surface area contributed by atoms with Gasteiger partial charge in [0.25, 0.3) is 0 Å². The highest BCUT2D eigenvalue weighted by Gasteiger charge is 2.32. The van der Waals surface area contributed by atoms with Crippen LogP contribution in [0.5, 0.6) is 0 Å². The summed E-state index contributed by atoms with van der Waals surface area (Å²) < 4.78 is 42.7. The largest absolute Gasteiger partial charge is 0.416 e. The molecule has 1 aliphatic heterocycles. The second kappa shape index (κ2) is 4.07. The van der Waals surface area contributed by atoms with Crippen molar-refractivity contribution in [3.8, 4) is 0 Å². The standard InChI is InChI=1S/C11H12F3NO/c1-16-10-6-15-5-7-4-8(11(12,13)14)2-3-9(7)10/h2-4,10,15H,5-6H2,1H3. The third-order valence-corrected chi connectivity index (χ3v) is 2.75. The number of methoxy groups -OCH3 is 1. The fourth-order valence-corrected chi connectivity index (χ4v) is 1.91. The van der Waals surface area contributed by atoms with E-state index in [0.29, 0.717) is 18.7 Å². The van der Waals surface area contributed by atoms with E-state index in [1.807, 2.05) is 0 Å². The molecular formula is C11H12F3NO. The summed E-state index contributed by atoms with van der Waals surface area (Å²) in [6.07, 6.45) is -4.44. The topological polar surface area (TPSA) is 21.3 Å². The summed E-state index contributed by atoms with van der Waals surface area (Å²) in [5.41, 5.74) is 0.895. The van der Waals surface area contributed by atoms with Gasteiger partial charge < -0.3 is 10.1 Å². The maximum Gasteiger partial charge on any atom is 0.416 e. The molecule has 5 heteroatoms. The number of fused-ring (bicyclic) bond motifs is 1. The number of halogens is 3. The first kappa shape index (κ1) is 11.4. The quantitative estimate of drug-likeness (QED) is 0.801. The first-order chi connectivity index (χ1) is 7.52. The molecule has 0 fully saturated rings. The number of benzene rings is 1. The monoisotopic (exact) mass is 231 g/mol. The van der Waals surface area contributed by atoms with Gasteiger partial charge >= 0.3 is 6.18 Å². The van der Waals surface area contributed by atoms with Crippen molar-refractivity contribution >= 4 is 0 Å². The Morgan fingerprint density at radius 3 is 2.75 bits per heavy atom. The number of alkyl halides is 3. The molecule has 1 atom stereocenters. The van der Waals surface area contributed by atoms with Gasteiger partial charge in [0, 0.05) is 20.2 Å². The molecule has 1 unspecified atom stereocenters. The smallest absolute Gasteiger partial charge is 0.375 e. The van der Waals surface area contributed by atoms with Crippen LogP contribution in [0.1, 0.15) is 22.8 Å². The first-order valence-electron chi connectivity index (χ1n) is 4.96. The van der Waals surface area contributed by atoms with Crippen LogP contribution in [0.2, 0.25) is 0 Å². The predicted molar refractivity (Wildman–Crippen MR) is 52.9 cm³/mol. The van der Waals surface area contributed by atoms with Gasteiger partial charge in [0.1, 0.15) is 0 Å². The van der Waals surface area contributed by atoms with Crippen LogP contribution in [-0.4, -0.2) is 13.7 Å². The van der Waals surface area contributed by atoms with E-state index < -0.39 is 11.7 Å². The Labute approximate surface area is 91.4 Å². The van der Waals surface area contributed by atoms with Gasteiger partial charge in [0.15, 0.2) is 0 Å². The lowest BCUT2D eigenvalue weighted by molar-refractivity contribution is -0.137. The van der Waals surface area contributed by atoms with E-state index in [0.717, 1.165) is 11.6 Å². The Balaban J connectivity index is 2.39. The fourth-order valence-electron chi connectivity index (χ4n) is 1.91. The van der Waals surface area contributed by atoms with E-state index in [9.17, 15) is 13.2 Å². The summed E-state index contributed by atoms with van der Waals surface area (Å²) in [5.74, 6) is 0. The molecule has 1 aliphatic rings. The molecule has 2 nitrogen and oxygen atoms in total. The van der Waals surface area contributed by atoms with Crippen LogP contribution in [0.3, 0.4) is 0 Å². The van der Waals surface area contributed by atoms with Gasteiger partial charge in [0.2, 0.25) is 0 Å². The molecule has 0 bridgehead atoms. The van der Waals surface area contributed by atoms with Gasteiger partial charge in [-0.25, -0.2) is 0 Å². The van der Waals surface area contributed by atoms with Crippen molar-refractivity contribution in [1.82, 2.24) is 5.32 Å². The van der Waals surface area contributed by atoms with Crippen molar-refractivity contribution < 1.29 is 17.9 Å². The number of ether oxygens (including phenoxy) is 1. The maximum atomic E-state index is 12.5. The van der Waals surface area contributed by atoms with Crippen LogP contribution >= 0.6 is 0 Å². The molecule has 0 saturated heterocycles. The van der Waals surface area contributed by atoms with Gasteiger partial charge in [-0.2, -0.15) is 13.2 Å². The summed E-state index contributed by atoms with van der Waals surface area (Å²) in [7, 11) is 1.55. The SMILES string of the molecule is COC1CNCc2cc(C(F)(F)F)ccc21. The molecule has 16 heavy (non-hydrogen) atoms. The van der Waals surface area contributed by atoms with E-state index in [-0.39, 0.29) is 6.10 Å². The van der Waals surface area contributed by atoms with Crippen molar-refractivity contribution in [3.05, 3.63) is 34.9 Å². The first-order valence-corrected chi connectivity index (χ1v) is 4.96. The highest BCUT2D eigenvalue weighted by molar-refractivity contribution is 5.36. The molecule has 1 aromatic carbocycles. The van der Waals surface area contributed by atoms with Gasteiger partial charge in [-0.05, 0) is 23.3 Å². The average Bonchev–Trinajstić information content (AvgIpc) is 2.26. The molecule has 0 spiro atoms. The summed E-state index contributed by atoms with van der Waals surface area (Å²) >= 11 is 0. The summed E-state index contributed by atoms with van der Waals surface area (Å²) in [4.78, 5) is 0. The maximum absolute atomic E-state index is 12.5. The molecule has 1 aromatic rings. The van der Waals surface area contributed by atoms with Gasteiger partial charge in [-0.3, -0.25) is 0 Å². The molecule has 1 heterocycles. The van der Waals surface area contributed by atoms with E-state index in [1.54, 1.807) is 7.11 Å². The molecule has 88 valence electrons. The number of hydrogen-bond donors (Lipinski definition) is 1. The lowest BCUT2D eigenvalue weighted by atomic mass is 9.96. The molecule has 2 rings (SSSR count). The highest BCUT2D eigenvalue weighted by atomic mass is 19.4. The number of nitrogens with one attached hydrogen (secondary N) is 1. The second-order valence-electron chi connectivity index (χ2n) is 3.77. The molecule has 0 aliphatic carbocycles. The number of hydrogen-bond acceptors (Lipinski definition) is 2. The van der Waals surface area contributed by atoms with Crippen molar-refractivity contribution in [2.75, 3.05) is 13.7 Å². The van der Waals surface area contributed by atoms with Gasteiger partial charge in [0.05, 0.1) is 11.7 Å². The van der Waals surface area contributed by atoms with Crippen LogP contribution in [0.15, 0.2) is 18.2 Å². The van der Waals surface area contributed by atoms with Crippen LogP contribution in [0.4, 0.5) is 13.2 Å². The Hall–Kier alpha value is -1.07. The second-order valence-corrected chi connectivity index (χ2v) is 3.77. The zero-order chi connectivity index (χ0) is 11.8. The summed E-state index contributed by atoms with van der Waals surface area (Å²) in [6, 6.07) is 3.80. The molecular weight excluding hydrogens is 219 g/mol. The third kappa shape index (κ3) is 2.05. The van der Waals surface area contributed by atoms with Crippen LogP contribution < -0.4 is 5.32 Å². The minimum Gasteiger partial charge on any atom is -0.375 e. The van der Waals surface area contributed by atoms with E-state index >= 15 is 0 Å². The van der Waals surface area contributed by atoms with Crippen LogP contribution in [0, 0.1) is 0 Å². The van der Waals surface area contributed by atoms with Crippen molar-refractivity contribution in [2.24, 2.45) is 0 Å². The fraction of sp³-hybridized carbons (Fsp3) is 0.455. The molecule has 0 aromatic heterocycles. The molecule has 0 saturated carbocycles. The van der Waals surface area contributed by atoms with Gasteiger partial charge in [-0.1, -0.05) is 6.07 Å². The highest BCUT2D eigenvalue weighted by Crippen LogP contribution is 2.33. The Morgan fingerprint density at radius 1 is 1.38 bits per heavy atom. The Kier molecular flexibility index (Phi) is 2.90. The van der Waals surface area contributed by atoms with Crippen molar-refractivity contribution in [2.45, 2.75) is 18.8 Å².